The van der Waals surface area contributed by atoms with Crippen LogP contribution in [0.1, 0.15) is 36.2 Å². The molecule has 0 unspecified atom stereocenters. The van der Waals surface area contributed by atoms with Crippen molar-refractivity contribution in [3.05, 3.63) is 69.7 Å². The van der Waals surface area contributed by atoms with Gasteiger partial charge in [0.05, 0.1) is 12.1 Å². The predicted octanol–water partition coefficient (Wildman–Crippen LogP) is 4.22. The highest BCUT2D eigenvalue weighted by molar-refractivity contribution is 6.31. The van der Waals surface area contributed by atoms with Gasteiger partial charge in [-0.15, -0.1) is 0 Å². The topological polar surface area (TPSA) is 158 Å². The molecule has 250 valence electrons. The molecule has 0 radical (unpaired) electrons. The predicted molar refractivity (Wildman–Crippen MR) is 162 cm³/mol. The molecule has 2 saturated heterocycles. The van der Waals surface area contributed by atoms with Crippen LogP contribution in [0.4, 0.5) is 18.4 Å². The van der Waals surface area contributed by atoms with Crippen LogP contribution < -0.4 is 10.6 Å². The van der Waals surface area contributed by atoms with E-state index >= 15 is 0 Å². The molecular formula is C30H34Cl2F2N4O8. The standard InChI is InChI=1S/C30H34Cl2F2N4O8/c31-19-5-1-3-17(11-19)25(23(35-29(41)42)15-37-9-7-21(33)13-37)45-27(39)28(40)46-26(18-4-2-6-20(32)12-18)24(36-30(43)44)16-38-10-8-22(34)14-38/h1-6,11-12,21-26,35-36H,7-10,13-16H2,(H,41,42)(H,43,44)/t21-,22-,23-,24-,25-,26-/m1/s1. The Morgan fingerprint density at radius 2 is 1.15 bits per heavy atom. The maximum Gasteiger partial charge on any atom is 0.418 e. The first kappa shape index (κ1) is 35.1. The molecule has 46 heavy (non-hydrogen) atoms. The molecule has 0 aromatic heterocycles. The Labute approximate surface area is 273 Å². The second-order valence-electron chi connectivity index (χ2n) is 11.2. The number of esters is 2. The van der Waals surface area contributed by atoms with E-state index in [1.807, 2.05) is 0 Å². The van der Waals surface area contributed by atoms with E-state index in [0.29, 0.717) is 13.1 Å². The highest BCUT2D eigenvalue weighted by Gasteiger charge is 2.38. The van der Waals surface area contributed by atoms with E-state index in [1.54, 1.807) is 34.1 Å². The second-order valence-corrected chi connectivity index (χ2v) is 12.0. The number of carbonyl (C=O) groups is 4. The number of hydrogen-bond acceptors (Lipinski definition) is 8. The van der Waals surface area contributed by atoms with Crippen LogP contribution in [-0.2, 0) is 19.1 Å². The minimum atomic E-state index is -1.52. The SMILES string of the molecule is O=C(O)N[C@H](CN1CC[C@@H](F)C1)[C@H](OC(=O)C(=O)O[C@H](c1cccc(Cl)c1)[C@@H](CN1CC[C@@H](F)C1)NC(=O)O)c1cccc(Cl)c1. The minimum Gasteiger partial charge on any atom is -0.465 e. The fourth-order valence-electron chi connectivity index (χ4n) is 5.67. The van der Waals surface area contributed by atoms with Crippen LogP contribution in [-0.4, -0.2) is 108 Å². The Kier molecular flexibility index (Phi) is 12.4. The summed E-state index contributed by atoms with van der Waals surface area (Å²) in [5.74, 6) is -3.03. The zero-order chi connectivity index (χ0) is 33.4. The lowest BCUT2D eigenvalue weighted by Crippen LogP contribution is -2.49. The quantitative estimate of drug-likeness (QED) is 0.188. The summed E-state index contributed by atoms with van der Waals surface area (Å²) in [4.78, 5) is 53.6. The normalized spacial score (nSPS) is 21.1. The molecule has 16 heteroatoms. The van der Waals surface area contributed by atoms with Crippen LogP contribution in [0.3, 0.4) is 0 Å². The monoisotopic (exact) mass is 686 g/mol. The second kappa shape index (κ2) is 16.2. The van der Waals surface area contributed by atoms with E-state index in [2.05, 4.69) is 10.6 Å². The number of ether oxygens (including phenoxy) is 2. The molecule has 2 aliphatic rings. The first-order chi connectivity index (χ1) is 21.9. The molecule has 2 heterocycles. The number of likely N-dealkylation sites (tertiary alicyclic amines) is 2. The lowest BCUT2D eigenvalue weighted by Gasteiger charge is -2.32. The van der Waals surface area contributed by atoms with Gasteiger partial charge in [-0.25, -0.2) is 28.0 Å². The minimum absolute atomic E-state index is 0.0372. The van der Waals surface area contributed by atoms with Gasteiger partial charge in [-0.3, -0.25) is 9.80 Å². The molecule has 6 atom stereocenters. The van der Waals surface area contributed by atoms with E-state index in [9.17, 15) is 38.2 Å². The fourth-order valence-corrected chi connectivity index (χ4v) is 6.07. The first-order valence-corrected chi connectivity index (χ1v) is 15.3. The average molecular weight is 688 g/mol. The van der Waals surface area contributed by atoms with Gasteiger partial charge in [0, 0.05) is 49.3 Å². The molecular weight excluding hydrogens is 653 g/mol. The Morgan fingerprint density at radius 3 is 1.46 bits per heavy atom. The zero-order valence-electron chi connectivity index (χ0n) is 24.5. The van der Waals surface area contributed by atoms with Crippen LogP contribution in [0, 0.1) is 0 Å². The Hall–Kier alpha value is -3.72. The van der Waals surface area contributed by atoms with Crippen LogP contribution in [0.15, 0.2) is 48.5 Å². The molecule has 0 aliphatic carbocycles. The first-order valence-electron chi connectivity index (χ1n) is 14.5. The Bertz CT molecular complexity index is 1300. The number of carboxylic acid groups (broad SMARTS) is 2. The van der Waals surface area contributed by atoms with Crippen LogP contribution in [0.25, 0.3) is 0 Å². The summed E-state index contributed by atoms with van der Waals surface area (Å²) in [6.45, 7) is 0.610. The van der Waals surface area contributed by atoms with Crippen molar-refractivity contribution in [2.24, 2.45) is 0 Å². The molecule has 2 aromatic rings. The molecule has 0 saturated carbocycles. The molecule has 2 aliphatic heterocycles. The largest absolute Gasteiger partial charge is 0.465 e. The maximum absolute atomic E-state index is 13.9. The van der Waals surface area contributed by atoms with Crippen LogP contribution in [0.2, 0.25) is 10.0 Å². The lowest BCUT2D eigenvalue weighted by molar-refractivity contribution is -0.176. The molecule has 0 bridgehead atoms. The van der Waals surface area contributed by atoms with Gasteiger partial charge in [0.1, 0.15) is 24.6 Å². The summed E-state index contributed by atoms with van der Waals surface area (Å²) in [5, 5.41) is 24.2. The summed E-state index contributed by atoms with van der Waals surface area (Å²) in [7, 11) is 0. The van der Waals surface area contributed by atoms with Gasteiger partial charge >= 0.3 is 24.1 Å². The van der Waals surface area contributed by atoms with Crippen molar-refractivity contribution in [1.82, 2.24) is 20.4 Å². The number of benzene rings is 2. The molecule has 4 N–H and O–H groups in total. The van der Waals surface area contributed by atoms with Gasteiger partial charge < -0.3 is 30.3 Å². The van der Waals surface area contributed by atoms with Crippen molar-refractivity contribution in [2.45, 2.75) is 49.5 Å². The van der Waals surface area contributed by atoms with Gasteiger partial charge in [-0.2, -0.15) is 0 Å². The highest BCUT2D eigenvalue weighted by atomic mass is 35.5. The van der Waals surface area contributed by atoms with Gasteiger partial charge in [0.25, 0.3) is 0 Å². The number of rotatable bonds is 12. The van der Waals surface area contributed by atoms with Crippen molar-refractivity contribution in [1.29, 1.82) is 0 Å². The third-order valence-corrected chi connectivity index (χ3v) is 8.15. The number of carbonyl (C=O) groups excluding carboxylic acids is 2. The van der Waals surface area contributed by atoms with Crippen molar-refractivity contribution >= 4 is 47.3 Å². The summed E-state index contributed by atoms with van der Waals surface area (Å²) < 4.78 is 39.0. The summed E-state index contributed by atoms with van der Waals surface area (Å²) in [6, 6.07) is 9.74. The molecule has 2 amide bonds. The van der Waals surface area contributed by atoms with Crippen molar-refractivity contribution < 1.29 is 47.6 Å². The zero-order valence-corrected chi connectivity index (χ0v) is 26.0. The third kappa shape index (κ3) is 10.1. The number of amides is 2. The van der Waals surface area contributed by atoms with E-state index in [-0.39, 0.29) is 60.2 Å². The number of nitrogens with zero attached hydrogens (tertiary/aromatic N) is 2. The fraction of sp³-hybridized carbons (Fsp3) is 0.467. The van der Waals surface area contributed by atoms with Crippen LogP contribution >= 0.6 is 23.2 Å². The number of nitrogens with one attached hydrogen (secondary N) is 2. The molecule has 12 nitrogen and oxygen atoms in total. The van der Waals surface area contributed by atoms with Gasteiger partial charge in [-0.1, -0.05) is 47.5 Å². The van der Waals surface area contributed by atoms with Crippen molar-refractivity contribution in [3.63, 3.8) is 0 Å². The van der Waals surface area contributed by atoms with Crippen LogP contribution in [0.5, 0.6) is 0 Å². The summed E-state index contributed by atoms with van der Waals surface area (Å²) in [6.07, 6.45) is -7.45. The van der Waals surface area contributed by atoms with E-state index in [4.69, 9.17) is 32.7 Å². The Balaban J connectivity index is 1.61. The maximum atomic E-state index is 13.9. The highest BCUT2D eigenvalue weighted by Crippen LogP contribution is 2.29. The molecule has 0 spiro atoms. The summed E-state index contributed by atoms with van der Waals surface area (Å²) >= 11 is 12.3. The molecule has 2 aromatic carbocycles. The van der Waals surface area contributed by atoms with Gasteiger partial charge in [0.2, 0.25) is 0 Å². The number of halogens is 4. The van der Waals surface area contributed by atoms with Crippen molar-refractivity contribution in [2.75, 3.05) is 39.3 Å². The lowest BCUT2D eigenvalue weighted by atomic mass is 10.0. The van der Waals surface area contributed by atoms with E-state index < -0.39 is 60.8 Å². The van der Waals surface area contributed by atoms with E-state index in [0.717, 1.165) is 0 Å². The number of hydrogen-bond donors (Lipinski definition) is 4. The number of alkyl halides is 2. The smallest absolute Gasteiger partial charge is 0.418 e. The van der Waals surface area contributed by atoms with Crippen molar-refractivity contribution in [3.8, 4) is 0 Å². The Morgan fingerprint density at radius 1 is 0.761 bits per heavy atom. The average Bonchev–Trinajstić information content (AvgIpc) is 3.59. The third-order valence-electron chi connectivity index (χ3n) is 7.68. The van der Waals surface area contributed by atoms with E-state index in [1.165, 1.54) is 24.3 Å². The van der Waals surface area contributed by atoms with Gasteiger partial charge in [-0.05, 0) is 48.2 Å². The van der Waals surface area contributed by atoms with Gasteiger partial charge in [0.15, 0.2) is 0 Å². The summed E-state index contributed by atoms with van der Waals surface area (Å²) in [5.41, 5.74) is 0.491. The molecule has 4 rings (SSSR count). The molecule has 2 fully saturated rings.